The first-order valence-corrected chi connectivity index (χ1v) is 10.8. The molecular weight excluding hydrogens is 464 g/mol. The van der Waals surface area contributed by atoms with E-state index in [4.69, 9.17) is 23.2 Å². The molecule has 2 N–H and O–H groups in total. The number of rotatable bonds is 7. The lowest BCUT2D eigenvalue weighted by Crippen LogP contribution is -2.29. The van der Waals surface area contributed by atoms with Gasteiger partial charge in [-0.15, -0.1) is 10.2 Å². The largest absolute Gasteiger partial charge is 0.342 e. The van der Waals surface area contributed by atoms with E-state index in [0.717, 1.165) is 0 Å². The van der Waals surface area contributed by atoms with E-state index in [9.17, 15) is 14.0 Å². The van der Waals surface area contributed by atoms with Gasteiger partial charge in [-0.2, -0.15) is 0 Å². The molecule has 0 spiro atoms. The third kappa shape index (κ3) is 5.75. The summed E-state index contributed by atoms with van der Waals surface area (Å²) in [4.78, 5) is 24.5. The summed E-state index contributed by atoms with van der Waals surface area (Å²) in [5.74, 6) is -0.855. The van der Waals surface area contributed by atoms with Gasteiger partial charge in [-0.3, -0.25) is 9.59 Å². The van der Waals surface area contributed by atoms with Crippen LogP contribution in [0, 0.1) is 5.82 Å². The minimum atomic E-state index is -0.602. The van der Waals surface area contributed by atoms with Gasteiger partial charge in [0.05, 0.1) is 27.4 Å². The van der Waals surface area contributed by atoms with Crippen molar-refractivity contribution >= 4 is 52.5 Å². The third-order valence-electron chi connectivity index (χ3n) is 4.26. The standard InChI is InChI=1S/C20H18Cl2FN5O2S/c1-11(24-19(30)13-5-3-4-6-16(13)23)18-26-27-20(28(18)2)31-10-17(29)25-12-7-8-14(21)15(22)9-12/h3-9,11H,10H2,1-2H3,(H,24,30)(H,25,29)/t11-/m1/s1. The van der Waals surface area contributed by atoms with Gasteiger partial charge < -0.3 is 15.2 Å². The van der Waals surface area contributed by atoms with E-state index in [1.54, 1.807) is 42.8 Å². The molecule has 162 valence electrons. The molecular formula is C20H18Cl2FN5O2S. The summed E-state index contributed by atoms with van der Waals surface area (Å²) in [6, 6.07) is 10.0. The van der Waals surface area contributed by atoms with Gasteiger partial charge in [0.1, 0.15) is 5.82 Å². The van der Waals surface area contributed by atoms with Crippen molar-refractivity contribution in [1.82, 2.24) is 20.1 Å². The molecule has 11 heteroatoms. The number of thioether (sulfide) groups is 1. The molecule has 3 aromatic rings. The Morgan fingerprint density at radius 2 is 1.90 bits per heavy atom. The van der Waals surface area contributed by atoms with Gasteiger partial charge in [0.15, 0.2) is 11.0 Å². The van der Waals surface area contributed by atoms with Crippen LogP contribution in [0.2, 0.25) is 10.0 Å². The van der Waals surface area contributed by atoms with Gasteiger partial charge >= 0.3 is 0 Å². The molecule has 0 unspecified atom stereocenters. The van der Waals surface area contributed by atoms with Crippen molar-refractivity contribution in [3.8, 4) is 0 Å². The quantitative estimate of drug-likeness (QED) is 0.485. The lowest BCUT2D eigenvalue weighted by atomic mass is 10.2. The first kappa shape index (κ1) is 23.1. The van der Waals surface area contributed by atoms with Crippen LogP contribution in [0.15, 0.2) is 47.6 Å². The summed E-state index contributed by atoms with van der Waals surface area (Å²) in [5.41, 5.74) is 0.480. The fourth-order valence-electron chi connectivity index (χ4n) is 2.71. The fraction of sp³-hybridized carbons (Fsp3) is 0.200. The average Bonchev–Trinajstić information content (AvgIpc) is 3.10. The van der Waals surface area contributed by atoms with Crippen LogP contribution in [0.5, 0.6) is 0 Å². The van der Waals surface area contributed by atoms with E-state index < -0.39 is 17.8 Å². The highest BCUT2D eigenvalue weighted by atomic mass is 35.5. The zero-order valence-electron chi connectivity index (χ0n) is 16.5. The molecule has 7 nitrogen and oxygen atoms in total. The highest BCUT2D eigenvalue weighted by Crippen LogP contribution is 2.25. The molecule has 0 aliphatic heterocycles. The molecule has 1 heterocycles. The van der Waals surface area contributed by atoms with Crippen LogP contribution in [0.3, 0.4) is 0 Å². The Hall–Kier alpha value is -2.62. The van der Waals surface area contributed by atoms with Crippen molar-refractivity contribution in [2.24, 2.45) is 7.05 Å². The molecule has 1 atom stereocenters. The number of hydrogen-bond acceptors (Lipinski definition) is 5. The maximum absolute atomic E-state index is 13.8. The van der Waals surface area contributed by atoms with Crippen molar-refractivity contribution in [3.05, 3.63) is 69.7 Å². The zero-order chi connectivity index (χ0) is 22.5. The highest BCUT2D eigenvalue weighted by Gasteiger charge is 2.20. The topological polar surface area (TPSA) is 88.9 Å². The number of aromatic nitrogens is 3. The molecule has 0 bridgehead atoms. The SMILES string of the molecule is C[C@@H](NC(=O)c1ccccc1F)c1nnc(SCC(=O)Nc2ccc(Cl)c(Cl)c2)n1C. The van der Waals surface area contributed by atoms with Crippen LogP contribution in [-0.4, -0.2) is 32.3 Å². The predicted molar refractivity (Wildman–Crippen MR) is 119 cm³/mol. The van der Waals surface area contributed by atoms with Crippen LogP contribution in [0.4, 0.5) is 10.1 Å². The van der Waals surface area contributed by atoms with Gasteiger partial charge in [0, 0.05) is 12.7 Å². The van der Waals surface area contributed by atoms with Gasteiger partial charge in [-0.1, -0.05) is 47.1 Å². The van der Waals surface area contributed by atoms with E-state index in [0.29, 0.717) is 26.7 Å². The van der Waals surface area contributed by atoms with Crippen LogP contribution in [0.1, 0.15) is 29.1 Å². The minimum Gasteiger partial charge on any atom is -0.342 e. The molecule has 1 aromatic heterocycles. The van der Waals surface area contributed by atoms with E-state index in [1.807, 2.05) is 0 Å². The van der Waals surface area contributed by atoms with Crippen molar-refractivity contribution in [2.75, 3.05) is 11.1 Å². The van der Waals surface area contributed by atoms with E-state index >= 15 is 0 Å². The van der Waals surface area contributed by atoms with Crippen LogP contribution in [-0.2, 0) is 11.8 Å². The molecule has 3 rings (SSSR count). The van der Waals surface area contributed by atoms with Crippen molar-refractivity contribution in [3.63, 3.8) is 0 Å². The number of anilines is 1. The number of hydrogen-bond donors (Lipinski definition) is 2. The molecule has 0 saturated heterocycles. The predicted octanol–water partition coefficient (Wildman–Crippen LogP) is 4.48. The Morgan fingerprint density at radius 1 is 1.16 bits per heavy atom. The maximum Gasteiger partial charge on any atom is 0.254 e. The summed E-state index contributed by atoms with van der Waals surface area (Å²) >= 11 is 13.0. The van der Waals surface area contributed by atoms with Gasteiger partial charge in [0.2, 0.25) is 5.91 Å². The summed E-state index contributed by atoms with van der Waals surface area (Å²) in [7, 11) is 1.72. The molecule has 0 aliphatic rings. The maximum atomic E-state index is 13.8. The van der Waals surface area contributed by atoms with Crippen molar-refractivity contribution in [2.45, 2.75) is 18.1 Å². The summed E-state index contributed by atoms with van der Waals surface area (Å²) in [6.07, 6.45) is 0. The van der Waals surface area contributed by atoms with Crippen LogP contribution < -0.4 is 10.6 Å². The van der Waals surface area contributed by atoms with E-state index in [2.05, 4.69) is 20.8 Å². The van der Waals surface area contributed by atoms with E-state index in [1.165, 1.54) is 30.0 Å². The first-order valence-electron chi connectivity index (χ1n) is 9.08. The Balaban J connectivity index is 1.59. The number of nitrogens with one attached hydrogen (secondary N) is 2. The molecule has 0 fully saturated rings. The summed E-state index contributed by atoms with van der Waals surface area (Å²) in [5, 5.41) is 14.8. The second kappa shape index (κ2) is 10.1. The van der Waals surface area contributed by atoms with Crippen LogP contribution >= 0.6 is 35.0 Å². The molecule has 31 heavy (non-hydrogen) atoms. The Labute approximate surface area is 192 Å². The van der Waals surface area contributed by atoms with Gasteiger partial charge in [0.25, 0.3) is 5.91 Å². The highest BCUT2D eigenvalue weighted by molar-refractivity contribution is 7.99. The molecule has 2 aromatic carbocycles. The Morgan fingerprint density at radius 3 is 2.61 bits per heavy atom. The normalized spacial score (nSPS) is 11.8. The molecule has 2 amide bonds. The number of benzene rings is 2. The zero-order valence-corrected chi connectivity index (χ0v) is 18.9. The average molecular weight is 482 g/mol. The second-order valence-electron chi connectivity index (χ2n) is 6.54. The van der Waals surface area contributed by atoms with Crippen molar-refractivity contribution < 1.29 is 14.0 Å². The lowest BCUT2D eigenvalue weighted by molar-refractivity contribution is -0.113. The lowest BCUT2D eigenvalue weighted by Gasteiger charge is -2.14. The minimum absolute atomic E-state index is 0.0508. The molecule has 0 saturated carbocycles. The number of nitrogens with zero attached hydrogens (tertiary/aromatic N) is 3. The number of carbonyl (C=O) groups excluding carboxylic acids is 2. The first-order chi connectivity index (χ1) is 14.8. The van der Waals surface area contributed by atoms with Gasteiger partial charge in [-0.25, -0.2) is 4.39 Å². The Kier molecular flexibility index (Phi) is 7.53. The van der Waals surface area contributed by atoms with E-state index in [-0.39, 0.29) is 17.2 Å². The molecule has 0 aliphatic carbocycles. The number of amides is 2. The smallest absolute Gasteiger partial charge is 0.254 e. The number of halogens is 3. The monoisotopic (exact) mass is 481 g/mol. The fourth-order valence-corrected chi connectivity index (χ4v) is 3.73. The van der Waals surface area contributed by atoms with Crippen LogP contribution in [0.25, 0.3) is 0 Å². The third-order valence-corrected chi connectivity index (χ3v) is 6.02. The Bertz CT molecular complexity index is 1120. The summed E-state index contributed by atoms with van der Waals surface area (Å²) < 4.78 is 15.5. The van der Waals surface area contributed by atoms with Crippen molar-refractivity contribution in [1.29, 1.82) is 0 Å². The summed E-state index contributed by atoms with van der Waals surface area (Å²) in [6.45, 7) is 1.72. The number of carbonyl (C=O) groups is 2. The second-order valence-corrected chi connectivity index (χ2v) is 8.30. The molecule has 0 radical (unpaired) electrons. The van der Waals surface area contributed by atoms with Gasteiger partial charge in [-0.05, 0) is 37.3 Å².